The predicted octanol–water partition coefficient (Wildman–Crippen LogP) is 3.92. The van der Waals surface area contributed by atoms with Gasteiger partial charge in [0, 0.05) is 18.2 Å². The summed E-state index contributed by atoms with van der Waals surface area (Å²) in [6.07, 6.45) is 0. The standard InChI is InChI=1S/C22H25N5O3S/c1-6-30-19-10-8-7-9-17(19)27-22(24-25-26-27)31-12-18(29)20-13(2)11-14(3)21(15(20)4)23-16(5)28/h7-11H,6,12H2,1-5H3,(H,23,28). The molecule has 0 atom stereocenters. The van der Waals surface area contributed by atoms with Crippen LogP contribution in [0.15, 0.2) is 35.5 Å². The molecular weight excluding hydrogens is 414 g/mol. The summed E-state index contributed by atoms with van der Waals surface area (Å²) in [5, 5.41) is 15.2. The highest BCUT2D eigenvalue weighted by atomic mass is 32.2. The molecule has 0 bridgehead atoms. The molecule has 0 unspecified atom stereocenters. The molecule has 3 rings (SSSR count). The number of para-hydroxylation sites is 2. The molecule has 0 saturated heterocycles. The number of nitrogens with one attached hydrogen (secondary N) is 1. The number of carbonyl (C=O) groups is 2. The number of aromatic nitrogens is 4. The Bertz CT molecular complexity index is 1130. The van der Waals surface area contributed by atoms with E-state index in [0.717, 1.165) is 16.7 Å². The van der Waals surface area contributed by atoms with Crippen molar-refractivity contribution in [1.29, 1.82) is 0 Å². The van der Waals surface area contributed by atoms with Crippen molar-refractivity contribution >= 4 is 29.1 Å². The summed E-state index contributed by atoms with van der Waals surface area (Å²) in [5.74, 6) is 0.589. The molecule has 8 nitrogen and oxygen atoms in total. The van der Waals surface area contributed by atoms with Crippen LogP contribution < -0.4 is 10.1 Å². The number of hydrogen-bond donors (Lipinski definition) is 1. The first-order valence-corrected chi connectivity index (χ1v) is 10.9. The first-order valence-electron chi connectivity index (χ1n) is 9.88. The van der Waals surface area contributed by atoms with Crippen molar-refractivity contribution in [2.45, 2.75) is 39.8 Å². The smallest absolute Gasteiger partial charge is 0.221 e. The largest absolute Gasteiger partial charge is 0.492 e. The van der Waals surface area contributed by atoms with Crippen LogP contribution in [0.1, 0.15) is 40.9 Å². The number of amides is 1. The Hall–Kier alpha value is -3.20. The lowest BCUT2D eigenvalue weighted by Crippen LogP contribution is -2.14. The molecule has 1 heterocycles. The molecule has 0 saturated carbocycles. The van der Waals surface area contributed by atoms with Gasteiger partial charge in [-0.05, 0) is 66.9 Å². The second-order valence-corrected chi connectivity index (χ2v) is 7.99. The summed E-state index contributed by atoms with van der Waals surface area (Å²) in [4.78, 5) is 24.7. The minimum Gasteiger partial charge on any atom is -0.492 e. The number of ether oxygens (including phenoxy) is 1. The topological polar surface area (TPSA) is 99.0 Å². The maximum absolute atomic E-state index is 13.1. The molecule has 0 fully saturated rings. The Morgan fingerprint density at radius 3 is 2.61 bits per heavy atom. The summed E-state index contributed by atoms with van der Waals surface area (Å²) in [6, 6.07) is 9.38. The van der Waals surface area contributed by atoms with E-state index in [-0.39, 0.29) is 17.4 Å². The van der Waals surface area contributed by atoms with Crippen LogP contribution in [-0.2, 0) is 4.79 Å². The number of anilines is 1. The molecule has 0 aliphatic rings. The number of nitrogens with zero attached hydrogens (tertiary/aromatic N) is 4. The van der Waals surface area contributed by atoms with Crippen molar-refractivity contribution in [2.75, 3.05) is 17.7 Å². The van der Waals surface area contributed by atoms with Crippen LogP contribution in [-0.4, -0.2) is 44.3 Å². The van der Waals surface area contributed by atoms with Gasteiger partial charge in [-0.3, -0.25) is 9.59 Å². The first kappa shape index (κ1) is 22.5. The van der Waals surface area contributed by atoms with E-state index in [1.54, 1.807) is 4.68 Å². The third-order valence-electron chi connectivity index (χ3n) is 4.72. The van der Waals surface area contributed by atoms with Crippen LogP contribution in [0.4, 0.5) is 5.69 Å². The SMILES string of the molecule is CCOc1ccccc1-n1nnnc1SCC(=O)c1c(C)cc(C)c(NC(C)=O)c1C. The number of tetrazole rings is 1. The Morgan fingerprint density at radius 2 is 1.90 bits per heavy atom. The van der Waals surface area contributed by atoms with E-state index in [9.17, 15) is 9.59 Å². The van der Waals surface area contributed by atoms with Crippen LogP contribution in [0.3, 0.4) is 0 Å². The van der Waals surface area contributed by atoms with E-state index in [2.05, 4.69) is 20.8 Å². The average Bonchev–Trinajstić information content (AvgIpc) is 3.18. The highest BCUT2D eigenvalue weighted by Crippen LogP contribution is 2.30. The zero-order valence-corrected chi connectivity index (χ0v) is 19.0. The number of aryl methyl sites for hydroxylation is 2. The average molecular weight is 440 g/mol. The summed E-state index contributed by atoms with van der Waals surface area (Å²) < 4.78 is 7.24. The van der Waals surface area contributed by atoms with Gasteiger partial charge in [0.15, 0.2) is 5.78 Å². The van der Waals surface area contributed by atoms with E-state index in [4.69, 9.17) is 4.74 Å². The molecule has 2 aromatic carbocycles. The summed E-state index contributed by atoms with van der Waals surface area (Å²) >= 11 is 1.25. The van der Waals surface area contributed by atoms with Crippen LogP contribution >= 0.6 is 11.8 Å². The normalized spacial score (nSPS) is 10.7. The monoisotopic (exact) mass is 439 g/mol. The van der Waals surface area contributed by atoms with Gasteiger partial charge in [0.2, 0.25) is 11.1 Å². The molecule has 0 aliphatic carbocycles. The summed E-state index contributed by atoms with van der Waals surface area (Å²) in [7, 11) is 0. The third kappa shape index (κ3) is 4.93. The lowest BCUT2D eigenvalue weighted by atomic mass is 9.95. The van der Waals surface area contributed by atoms with Gasteiger partial charge < -0.3 is 10.1 Å². The highest BCUT2D eigenvalue weighted by Gasteiger charge is 2.20. The van der Waals surface area contributed by atoms with Gasteiger partial charge in [0.1, 0.15) is 11.4 Å². The van der Waals surface area contributed by atoms with E-state index in [0.29, 0.717) is 34.5 Å². The van der Waals surface area contributed by atoms with Gasteiger partial charge in [-0.1, -0.05) is 30.0 Å². The van der Waals surface area contributed by atoms with Crippen molar-refractivity contribution in [3.63, 3.8) is 0 Å². The Balaban J connectivity index is 1.85. The molecule has 1 N–H and O–H groups in total. The van der Waals surface area contributed by atoms with E-state index < -0.39 is 0 Å². The minimum atomic E-state index is -0.171. The minimum absolute atomic E-state index is 0.0563. The fraction of sp³-hybridized carbons (Fsp3) is 0.318. The Morgan fingerprint density at radius 1 is 1.16 bits per heavy atom. The number of carbonyl (C=O) groups excluding carboxylic acids is 2. The zero-order valence-electron chi connectivity index (χ0n) is 18.2. The molecule has 1 amide bonds. The number of benzene rings is 2. The zero-order chi connectivity index (χ0) is 22.5. The number of rotatable bonds is 8. The van der Waals surface area contributed by atoms with Gasteiger partial charge >= 0.3 is 0 Å². The van der Waals surface area contributed by atoms with Crippen LogP contribution in [0.2, 0.25) is 0 Å². The summed E-state index contributed by atoms with van der Waals surface area (Å²) in [5.41, 5.74) is 4.55. The molecule has 3 aromatic rings. The van der Waals surface area contributed by atoms with Crippen molar-refractivity contribution < 1.29 is 14.3 Å². The summed E-state index contributed by atoms with van der Waals surface area (Å²) in [6.45, 7) is 9.55. The Kier molecular flexibility index (Phi) is 7.06. The predicted molar refractivity (Wildman–Crippen MR) is 120 cm³/mol. The molecule has 0 spiro atoms. The lowest BCUT2D eigenvalue weighted by Gasteiger charge is -2.17. The maximum Gasteiger partial charge on any atom is 0.221 e. The maximum atomic E-state index is 13.1. The van der Waals surface area contributed by atoms with Gasteiger partial charge in [-0.25, -0.2) is 0 Å². The van der Waals surface area contributed by atoms with Crippen molar-refractivity contribution in [3.8, 4) is 11.4 Å². The first-order chi connectivity index (χ1) is 14.8. The second-order valence-electron chi connectivity index (χ2n) is 7.05. The fourth-order valence-electron chi connectivity index (χ4n) is 3.52. The van der Waals surface area contributed by atoms with Crippen molar-refractivity contribution in [3.05, 3.63) is 52.6 Å². The van der Waals surface area contributed by atoms with E-state index in [1.165, 1.54) is 18.7 Å². The Labute approximate surface area is 185 Å². The molecule has 0 radical (unpaired) electrons. The van der Waals surface area contributed by atoms with Gasteiger partial charge in [-0.2, -0.15) is 4.68 Å². The molecule has 162 valence electrons. The number of hydrogen-bond acceptors (Lipinski definition) is 7. The van der Waals surface area contributed by atoms with Gasteiger partial charge in [0.25, 0.3) is 0 Å². The second kappa shape index (κ2) is 9.74. The number of ketones is 1. The molecular formula is C22H25N5O3S. The van der Waals surface area contributed by atoms with Gasteiger partial charge in [-0.15, -0.1) is 5.10 Å². The van der Waals surface area contributed by atoms with Crippen LogP contribution in [0, 0.1) is 20.8 Å². The van der Waals surface area contributed by atoms with E-state index >= 15 is 0 Å². The van der Waals surface area contributed by atoms with E-state index in [1.807, 2.05) is 58.0 Å². The van der Waals surface area contributed by atoms with Crippen LogP contribution in [0.25, 0.3) is 5.69 Å². The van der Waals surface area contributed by atoms with Crippen molar-refractivity contribution in [1.82, 2.24) is 20.2 Å². The number of thioether (sulfide) groups is 1. The molecule has 31 heavy (non-hydrogen) atoms. The number of Topliss-reactive ketones (excluding diaryl/α,β-unsaturated/α-hetero) is 1. The molecule has 9 heteroatoms. The quantitative estimate of drug-likeness (QED) is 0.419. The molecule has 0 aliphatic heterocycles. The van der Waals surface area contributed by atoms with Gasteiger partial charge in [0.05, 0.1) is 12.4 Å². The molecule has 1 aromatic heterocycles. The highest BCUT2D eigenvalue weighted by molar-refractivity contribution is 7.99. The lowest BCUT2D eigenvalue weighted by molar-refractivity contribution is -0.114. The third-order valence-corrected chi connectivity index (χ3v) is 5.64. The van der Waals surface area contributed by atoms with Crippen LogP contribution in [0.5, 0.6) is 5.75 Å². The fourth-order valence-corrected chi connectivity index (χ4v) is 4.27. The van der Waals surface area contributed by atoms with Crippen molar-refractivity contribution in [2.24, 2.45) is 0 Å².